The molecule has 0 spiro atoms. The second-order valence-electron chi connectivity index (χ2n) is 5.96. The van der Waals surface area contributed by atoms with Gasteiger partial charge < -0.3 is 9.47 Å². The molecule has 1 aliphatic heterocycles. The summed E-state index contributed by atoms with van der Waals surface area (Å²) in [5, 5.41) is -0.567. The maximum absolute atomic E-state index is 12.8. The Bertz CT molecular complexity index is 1050. The minimum Gasteiger partial charge on any atom is -0.497 e. The number of benzene rings is 2. The summed E-state index contributed by atoms with van der Waals surface area (Å²) in [5.41, 5.74) is 0. The molecule has 0 amide bonds. The van der Waals surface area contributed by atoms with Gasteiger partial charge in [0.2, 0.25) is 10.0 Å². The van der Waals surface area contributed by atoms with Gasteiger partial charge in [0.25, 0.3) is 0 Å². The summed E-state index contributed by atoms with van der Waals surface area (Å²) in [6.45, 7) is -0.265. The molecule has 1 aliphatic rings. The van der Waals surface area contributed by atoms with Crippen LogP contribution in [0.15, 0.2) is 52.3 Å². The molecule has 27 heavy (non-hydrogen) atoms. The van der Waals surface area contributed by atoms with E-state index in [1.807, 2.05) is 0 Å². The number of sulfone groups is 1. The number of methoxy groups -OCH3 is 2. The Balaban J connectivity index is 1.81. The molecule has 0 N–H and O–H groups in total. The van der Waals surface area contributed by atoms with Gasteiger partial charge in [-0.1, -0.05) is 11.6 Å². The van der Waals surface area contributed by atoms with Crippen molar-refractivity contribution in [1.29, 1.82) is 0 Å². The van der Waals surface area contributed by atoms with Gasteiger partial charge in [-0.25, -0.2) is 16.8 Å². The van der Waals surface area contributed by atoms with E-state index >= 15 is 0 Å². The average molecular weight is 432 g/mol. The Kier molecular flexibility index (Phi) is 5.40. The van der Waals surface area contributed by atoms with E-state index < -0.39 is 25.1 Å². The van der Waals surface area contributed by atoms with Gasteiger partial charge in [0.1, 0.15) is 16.4 Å². The van der Waals surface area contributed by atoms with Crippen molar-refractivity contribution in [2.75, 3.05) is 27.3 Å². The van der Waals surface area contributed by atoms with Crippen LogP contribution in [0.2, 0.25) is 5.02 Å². The van der Waals surface area contributed by atoms with Gasteiger partial charge in [0, 0.05) is 18.1 Å². The highest BCUT2D eigenvalue weighted by Gasteiger charge is 2.45. The highest BCUT2D eigenvalue weighted by Crippen LogP contribution is 2.34. The largest absolute Gasteiger partial charge is 0.497 e. The van der Waals surface area contributed by atoms with Gasteiger partial charge in [-0.2, -0.15) is 4.31 Å². The topological polar surface area (TPSA) is 90.0 Å². The quantitative estimate of drug-likeness (QED) is 0.696. The van der Waals surface area contributed by atoms with Crippen molar-refractivity contribution in [2.24, 2.45) is 0 Å². The maximum Gasteiger partial charge on any atom is 0.246 e. The van der Waals surface area contributed by atoms with Crippen molar-refractivity contribution in [3.8, 4) is 11.5 Å². The summed E-state index contributed by atoms with van der Waals surface area (Å²) >= 11 is 5.91. The fourth-order valence-corrected chi connectivity index (χ4v) is 6.53. The number of rotatable bonds is 6. The van der Waals surface area contributed by atoms with Crippen LogP contribution in [-0.2, 0) is 19.9 Å². The second kappa shape index (κ2) is 7.31. The Morgan fingerprint density at radius 2 is 1.59 bits per heavy atom. The number of halogens is 1. The predicted octanol–water partition coefficient (Wildman–Crippen LogP) is 2.20. The Morgan fingerprint density at radius 1 is 0.963 bits per heavy atom. The zero-order valence-electron chi connectivity index (χ0n) is 14.6. The molecule has 1 heterocycles. The Morgan fingerprint density at radius 3 is 2.15 bits per heavy atom. The molecule has 3 rings (SSSR count). The highest BCUT2D eigenvalue weighted by molar-refractivity contribution is 7.92. The third kappa shape index (κ3) is 3.64. The van der Waals surface area contributed by atoms with E-state index in [2.05, 4.69) is 0 Å². The molecule has 0 unspecified atom stereocenters. The van der Waals surface area contributed by atoms with Crippen LogP contribution in [-0.4, -0.2) is 53.7 Å². The van der Waals surface area contributed by atoms with Gasteiger partial charge in [0.15, 0.2) is 9.84 Å². The normalized spacial score (nSPS) is 16.0. The molecule has 0 bridgehead atoms. The Labute approximate surface area is 163 Å². The monoisotopic (exact) mass is 431 g/mol. The number of sulfonamides is 1. The standard InChI is InChI=1S/C17H18ClNO6S2/c1-24-13-4-6-14(7-5-13)26(20,21)15-10-19(11-15)27(22,23)17-9-12(18)3-8-16(17)25-2/h3-9,15H,10-11H2,1-2H3. The lowest BCUT2D eigenvalue weighted by atomic mass is 10.3. The summed E-state index contributed by atoms with van der Waals surface area (Å²) in [4.78, 5) is 0.0449. The van der Waals surface area contributed by atoms with Crippen molar-refractivity contribution >= 4 is 31.5 Å². The SMILES string of the molecule is COc1ccc(S(=O)(=O)C2CN(S(=O)(=O)c3cc(Cl)ccc3OC)C2)cc1. The molecule has 2 aromatic carbocycles. The van der Waals surface area contributed by atoms with Gasteiger partial charge in [-0.3, -0.25) is 0 Å². The van der Waals surface area contributed by atoms with Crippen molar-refractivity contribution < 1.29 is 26.3 Å². The lowest BCUT2D eigenvalue weighted by molar-refractivity contribution is 0.307. The summed E-state index contributed by atoms with van der Waals surface area (Å²) in [5.74, 6) is 0.695. The van der Waals surface area contributed by atoms with E-state index in [1.54, 1.807) is 12.1 Å². The average Bonchev–Trinajstić information content (AvgIpc) is 2.60. The van der Waals surface area contributed by atoms with Gasteiger partial charge in [-0.15, -0.1) is 0 Å². The number of hydrogen-bond acceptors (Lipinski definition) is 6. The lowest BCUT2D eigenvalue weighted by Crippen LogP contribution is -2.56. The number of ether oxygens (including phenoxy) is 2. The van der Waals surface area contributed by atoms with Crippen LogP contribution < -0.4 is 9.47 Å². The Hall–Kier alpha value is -1.81. The van der Waals surface area contributed by atoms with E-state index in [4.69, 9.17) is 21.1 Å². The molecule has 2 aromatic rings. The maximum atomic E-state index is 12.8. The fraction of sp³-hybridized carbons (Fsp3) is 0.294. The minimum absolute atomic E-state index is 0.0854. The summed E-state index contributed by atoms with van der Waals surface area (Å²) < 4.78 is 62.2. The molecule has 0 radical (unpaired) electrons. The third-order valence-electron chi connectivity index (χ3n) is 4.38. The van der Waals surface area contributed by atoms with Gasteiger partial charge in [0.05, 0.1) is 24.4 Å². The second-order valence-corrected chi connectivity index (χ2v) is 10.5. The molecule has 0 atom stereocenters. The molecule has 10 heteroatoms. The molecular weight excluding hydrogens is 414 g/mol. The first-order valence-corrected chi connectivity index (χ1v) is 11.3. The number of hydrogen-bond donors (Lipinski definition) is 0. The molecular formula is C17H18ClNO6S2. The summed E-state index contributed by atoms with van der Waals surface area (Å²) in [6, 6.07) is 10.3. The molecule has 7 nitrogen and oxygen atoms in total. The van der Waals surface area contributed by atoms with E-state index in [0.29, 0.717) is 5.75 Å². The zero-order valence-corrected chi connectivity index (χ0v) is 17.0. The smallest absolute Gasteiger partial charge is 0.246 e. The number of nitrogens with zero attached hydrogens (tertiary/aromatic N) is 1. The minimum atomic E-state index is -3.91. The van der Waals surface area contributed by atoms with Crippen LogP contribution in [0.4, 0.5) is 0 Å². The predicted molar refractivity (Wildman–Crippen MR) is 101 cm³/mol. The summed E-state index contributed by atoms with van der Waals surface area (Å²) in [7, 11) is -4.71. The van der Waals surface area contributed by atoms with Gasteiger partial charge in [-0.05, 0) is 42.5 Å². The van der Waals surface area contributed by atoms with Crippen LogP contribution in [0.3, 0.4) is 0 Å². The van der Waals surface area contributed by atoms with E-state index in [-0.39, 0.29) is 33.7 Å². The van der Waals surface area contributed by atoms with Crippen molar-refractivity contribution in [3.63, 3.8) is 0 Å². The first kappa shape index (κ1) is 19.9. The van der Waals surface area contributed by atoms with E-state index in [0.717, 1.165) is 4.31 Å². The lowest BCUT2D eigenvalue weighted by Gasteiger charge is -2.37. The van der Waals surface area contributed by atoms with E-state index in [1.165, 1.54) is 44.6 Å². The fourth-order valence-electron chi connectivity index (χ4n) is 2.74. The molecule has 0 saturated carbocycles. The van der Waals surface area contributed by atoms with Crippen LogP contribution in [0.1, 0.15) is 0 Å². The zero-order chi connectivity index (χ0) is 19.8. The molecule has 0 aliphatic carbocycles. The molecule has 0 aromatic heterocycles. The van der Waals surface area contributed by atoms with Crippen molar-refractivity contribution in [1.82, 2.24) is 4.31 Å². The first-order valence-electron chi connectivity index (χ1n) is 7.92. The van der Waals surface area contributed by atoms with Crippen molar-refractivity contribution in [2.45, 2.75) is 15.0 Å². The van der Waals surface area contributed by atoms with E-state index in [9.17, 15) is 16.8 Å². The first-order chi connectivity index (χ1) is 12.7. The van der Waals surface area contributed by atoms with Crippen LogP contribution in [0.25, 0.3) is 0 Å². The highest BCUT2D eigenvalue weighted by atomic mass is 35.5. The van der Waals surface area contributed by atoms with Gasteiger partial charge >= 0.3 is 0 Å². The van der Waals surface area contributed by atoms with Crippen molar-refractivity contribution in [3.05, 3.63) is 47.5 Å². The van der Waals surface area contributed by atoms with Crippen LogP contribution in [0.5, 0.6) is 11.5 Å². The van der Waals surface area contributed by atoms with Crippen LogP contribution in [0, 0.1) is 0 Å². The molecule has 1 fully saturated rings. The third-order valence-corrected chi connectivity index (χ3v) is 8.58. The molecule has 1 saturated heterocycles. The summed E-state index contributed by atoms with van der Waals surface area (Å²) in [6.07, 6.45) is 0. The van der Waals surface area contributed by atoms with Crippen LogP contribution >= 0.6 is 11.6 Å². The molecule has 146 valence electrons.